The van der Waals surface area contributed by atoms with Gasteiger partial charge in [-0.25, -0.2) is 0 Å². The predicted molar refractivity (Wildman–Crippen MR) is 129 cm³/mol. The van der Waals surface area contributed by atoms with Gasteiger partial charge in [-0.05, 0) is 36.7 Å². The fraction of sp³-hybridized carbons (Fsp3) is 0.600. The molecule has 2 atom stereocenters. The average molecular weight is 492 g/mol. The maximum absolute atomic E-state index is 13.0. The number of nitrogens with zero attached hydrogens (tertiary/aromatic N) is 1. The van der Waals surface area contributed by atoms with E-state index in [4.69, 9.17) is 18.6 Å². The molecular weight excluding hydrogens is 454 g/mol. The van der Waals surface area contributed by atoms with Crippen LogP contribution in [0.2, 0.25) is 18.1 Å². The predicted octanol–water partition coefficient (Wildman–Crippen LogP) is 3.64. The van der Waals surface area contributed by atoms with E-state index >= 15 is 0 Å². The van der Waals surface area contributed by atoms with Gasteiger partial charge in [0.15, 0.2) is 14.2 Å². The number of carbonyl (C=O) groups excluding carboxylic acids is 3. The number of rotatable bonds is 10. The van der Waals surface area contributed by atoms with Crippen molar-refractivity contribution in [3.8, 4) is 0 Å². The Bertz CT molecular complexity index is 939. The monoisotopic (exact) mass is 491 g/mol. The molecular formula is C25H37NO7Si. The summed E-state index contributed by atoms with van der Waals surface area (Å²) >= 11 is 0. The van der Waals surface area contributed by atoms with Crippen molar-refractivity contribution in [1.82, 2.24) is 4.98 Å². The Balaban J connectivity index is 2.37. The molecule has 34 heavy (non-hydrogen) atoms. The van der Waals surface area contributed by atoms with E-state index in [-0.39, 0.29) is 23.8 Å². The Morgan fingerprint density at radius 3 is 2.12 bits per heavy atom. The van der Waals surface area contributed by atoms with E-state index in [9.17, 15) is 14.4 Å². The number of carbonyl (C=O) groups is 3. The van der Waals surface area contributed by atoms with Crippen molar-refractivity contribution in [2.45, 2.75) is 63.8 Å². The fourth-order valence-corrected chi connectivity index (χ4v) is 5.55. The van der Waals surface area contributed by atoms with Crippen LogP contribution in [0, 0.1) is 11.3 Å². The van der Waals surface area contributed by atoms with Crippen LogP contribution in [0.5, 0.6) is 0 Å². The van der Waals surface area contributed by atoms with Crippen molar-refractivity contribution < 1.29 is 33.0 Å². The molecule has 0 spiro atoms. The first-order valence-corrected chi connectivity index (χ1v) is 14.2. The van der Waals surface area contributed by atoms with Gasteiger partial charge in [-0.15, -0.1) is 6.58 Å². The standard InChI is InChI=1S/C25H37NO7Si/c1-10-25(33-34(8,9)23(2,3)4)16-24(25,22(29)32-7)15-18-13-11-12-17(26-18)14-19(20(27)30-5)21(28)31-6/h10-13,19H,1,14-16H2,2-9H3. The van der Waals surface area contributed by atoms with Gasteiger partial charge < -0.3 is 18.6 Å². The highest BCUT2D eigenvalue weighted by molar-refractivity contribution is 6.74. The number of hydrogen-bond donors (Lipinski definition) is 0. The number of esters is 3. The summed E-state index contributed by atoms with van der Waals surface area (Å²) in [5, 5.41) is -0.0532. The third kappa shape index (κ3) is 5.25. The zero-order valence-electron chi connectivity index (χ0n) is 21.5. The summed E-state index contributed by atoms with van der Waals surface area (Å²) in [6.07, 6.45) is 2.46. The molecule has 0 saturated heterocycles. The highest BCUT2D eigenvalue weighted by Crippen LogP contribution is 2.64. The van der Waals surface area contributed by atoms with E-state index in [0.29, 0.717) is 17.8 Å². The van der Waals surface area contributed by atoms with Crippen LogP contribution in [0.3, 0.4) is 0 Å². The molecule has 0 aliphatic heterocycles. The van der Waals surface area contributed by atoms with Gasteiger partial charge in [-0.2, -0.15) is 0 Å². The number of methoxy groups -OCH3 is 3. The van der Waals surface area contributed by atoms with E-state index in [1.807, 2.05) is 0 Å². The van der Waals surface area contributed by atoms with Crippen LogP contribution < -0.4 is 0 Å². The summed E-state index contributed by atoms with van der Waals surface area (Å²) in [6.45, 7) is 14.7. The molecule has 0 N–H and O–H groups in total. The normalized spacial score (nSPS) is 22.1. The average Bonchev–Trinajstić information content (AvgIpc) is 3.41. The van der Waals surface area contributed by atoms with Gasteiger partial charge in [0.1, 0.15) is 5.41 Å². The summed E-state index contributed by atoms with van der Waals surface area (Å²) in [4.78, 5) is 41.8. The Morgan fingerprint density at radius 2 is 1.65 bits per heavy atom. The first-order chi connectivity index (χ1) is 15.7. The Hall–Kier alpha value is -2.52. The van der Waals surface area contributed by atoms with Gasteiger partial charge in [0.25, 0.3) is 0 Å². The molecule has 1 heterocycles. The lowest BCUT2D eigenvalue weighted by Gasteiger charge is -2.40. The van der Waals surface area contributed by atoms with Crippen LogP contribution in [0.15, 0.2) is 30.9 Å². The second-order valence-corrected chi connectivity index (χ2v) is 15.0. The van der Waals surface area contributed by atoms with Crippen LogP contribution in [-0.4, -0.2) is 58.1 Å². The first-order valence-electron chi connectivity index (χ1n) is 11.2. The molecule has 2 unspecified atom stereocenters. The van der Waals surface area contributed by atoms with E-state index < -0.39 is 37.2 Å². The van der Waals surface area contributed by atoms with Crippen molar-refractivity contribution in [2.75, 3.05) is 21.3 Å². The Morgan fingerprint density at radius 1 is 1.09 bits per heavy atom. The zero-order valence-corrected chi connectivity index (χ0v) is 22.5. The lowest BCUT2D eigenvalue weighted by molar-refractivity contribution is -0.158. The third-order valence-corrected chi connectivity index (χ3v) is 11.6. The smallest absolute Gasteiger partial charge is 0.320 e. The molecule has 8 nitrogen and oxygen atoms in total. The van der Waals surface area contributed by atoms with Gasteiger partial charge in [-0.1, -0.05) is 32.9 Å². The van der Waals surface area contributed by atoms with E-state index in [1.165, 1.54) is 21.3 Å². The molecule has 1 aromatic rings. The van der Waals surface area contributed by atoms with Gasteiger partial charge in [0.2, 0.25) is 0 Å². The van der Waals surface area contributed by atoms with Gasteiger partial charge in [0.05, 0.1) is 26.9 Å². The van der Waals surface area contributed by atoms with Crippen LogP contribution in [-0.2, 0) is 45.9 Å². The van der Waals surface area contributed by atoms with Crippen LogP contribution in [0.25, 0.3) is 0 Å². The summed E-state index contributed by atoms with van der Waals surface area (Å²) < 4.78 is 21.4. The minimum Gasteiger partial charge on any atom is -0.468 e. The maximum atomic E-state index is 13.0. The van der Waals surface area contributed by atoms with Crippen molar-refractivity contribution in [1.29, 1.82) is 0 Å². The Labute approximate surface area is 203 Å². The van der Waals surface area contributed by atoms with Crippen LogP contribution in [0.1, 0.15) is 38.6 Å². The lowest BCUT2D eigenvalue weighted by Crippen LogP contribution is -2.47. The lowest BCUT2D eigenvalue weighted by atomic mass is 9.94. The summed E-state index contributed by atoms with van der Waals surface area (Å²) in [7, 11) is 1.56. The maximum Gasteiger partial charge on any atom is 0.320 e. The molecule has 1 aromatic heterocycles. The van der Waals surface area contributed by atoms with E-state index in [2.05, 4.69) is 45.4 Å². The summed E-state index contributed by atoms with van der Waals surface area (Å²) in [5.74, 6) is -2.89. The van der Waals surface area contributed by atoms with E-state index in [0.717, 1.165) is 0 Å². The van der Waals surface area contributed by atoms with Gasteiger partial charge in [-0.3, -0.25) is 19.4 Å². The molecule has 9 heteroatoms. The summed E-state index contributed by atoms with van der Waals surface area (Å²) in [6, 6.07) is 5.30. The van der Waals surface area contributed by atoms with E-state index in [1.54, 1.807) is 24.3 Å². The molecule has 2 rings (SSSR count). The minimum atomic E-state index is -2.23. The zero-order chi connectivity index (χ0) is 25.9. The largest absolute Gasteiger partial charge is 0.468 e. The summed E-state index contributed by atoms with van der Waals surface area (Å²) in [5.41, 5.74) is -0.664. The fourth-order valence-electron chi connectivity index (χ4n) is 3.99. The molecule has 1 saturated carbocycles. The molecule has 0 radical (unpaired) electrons. The van der Waals surface area contributed by atoms with Crippen molar-refractivity contribution in [3.63, 3.8) is 0 Å². The molecule has 0 aromatic carbocycles. The topological polar surface area (TPSA) is 101 Å². The number of aromatic nitrogens is 1. The Kier molecular flexibility index (Phi) is 8.15. The molecule has 0 bridgehead atoms. The quantitative estimate of drug-likeness (QED) is 0.161. The second kappa shape index (κ2) is 9.99. The van der Waals surface area contributed by atoms with Crippen molar-refractivity contribution >= 4 is 26.2 Å². The van der Waals surface area contributed by atoms with Crippen LogP contribution >= 0.6 is 0 Å². The van der Waals surface area contributed by atoms with Crippen molar-refractivity contribution in [2.24, 2.45) is 11.3 Å². The molecule has 0 amide bonds. The highest BCUT2D eigenvalue weighted by Gasteiger charge is 2.74. The SMILES string of the molecule is C=CC1(O[Si](C)(C)C(C)(C)C)CC1(Cc1cccc(CC(C(=O)OC)C(=O)OC)n1)C(=O)OC. The van der Waals surface area contributed by atoms with Crippen molar-refractivity contribution in [3.05, 3.63) is 42.2 Å². The molecule has 1 fully saturated rings. The number of ether oxygens (including phenoxy) is 3. The second-order valence-electron chi connectivity index (χ2n) is 10.3. The number of pyridine rings is 1. The molecule has 1 aliphatic carbocycles. The third-order valence-electron chi connectivity index (χ3n) is 7.13. The number of hydrogen-bond acceptors (Lipinski definition) is 8. The molecule has 1 aliphatic rings. The molecule has 188 valence electrons. The first kappa shape index (κ1) is 27.7. The highest BCUT2D eigenvalue weighted by atomic mass is 28.4. The van der Waals surface area contributed by atoms with Crippen LogP contribution in [0.4, 0.5) is 0 Å². The van der Waals surface area contributed by atoms with Gasteiger partial charge in [0, 0.05) is 24.2 Å². The van der Waals surface area contributed by atoms with Gasteiger partial charge >= 0.3 is 17.9 Å². The minimum absolute atomic E-state index is 0.0193.